The Bertz CT molecular complexity index is 1220. The number of pyridine rings is 1. The van der Waals surface area contributed by atoms with Crippen LogP contribution < -0.4 is 15.4 Å². The Kier molecular flexibility index (Phi) is 6.41. The zero-order chi connectivity index (χ0) is 24.5. The molecule has 0 atom stereocenters. The molecular weight excluding hydrogens is 457 g/mol. The number of para-hydroxylation sites is 1. The summed E-state index contributed by atoms with van der Waals surface area (Å²) in [6.45, 7) is 0.538. The Morgan fingerprint density at radius 2 is 1.94 bits per heavy atom. The van der Waals surface area contributed by atoms with E-state index in [1.807, 2.05) is 0 Å². The minimum Gasteiger partial charge on any atom is -0.483 e. The molecule has 0 radical (unpaired) electrons. The number of fused-ring (bicyclic) bond motifs is 1. The van der Waals surface area contributed by atoms with Crippen molar-refractivity contribution < 1.29 is 31.5 Å². The Labute approximate surface area is 192 Å². The third kappa shape index (κ3) is 5.11. The van der Waals surface area contributed by atoms with E-state index in [-0.39, 0.29) is 16.9 Å². The van der Waals surface area contributed by atoms with E-state index < -0.39 is 41.6 Å². The van der Waals surface area contributed by atoms with Gasteiger partial charge in [0.1, 0.15) is 23.2 Å². The number of halogens is 5. The Morgan fingerprint density at radius 1 is 1.15 bits per heavy atom. The van der Waals surface area contributed by atoms with Crippen molar-refractivity contribution in [1.29, 1.82) is 0 Å². The molecule has 1 aliphatic rings. The van der Waals surface area contributed by atoms with Gasteiger partial charge < -0.3 is 15.4 Å². The quantitative estimate of drug-likeness (QED) is 0.450. The van der Waals surface area contributed by atoms with Crippen molar-refractivity contribution in [3.05, 3.63) is 70.8 Å². The lowest BCUT2D eigenvalue weighted by molar-refractivity contribution is -0.153. The van der Waals surface area contributed by atoms with Crippen LogP contribution in [-0.4, -0.2) is 30.2 Å². The molecular formula is C24H20F5N3O2. The Balaban J connectivity index is 1.74. The molecule has 10 heteroatoms. The molecule has 2 heterocycles. The maximum atomic E-state index is 15.1. The predicted molar refractivity (Wildman–Crippen MR) is 117 cm³/mol. The van der Waals surface area contributed by atoms with E-state index in [4.69, 9.17) is 4.74 Å². The van der Waals surface area contributed by atoms with E-state index in [9.17, 15) is 22.4 Å². The number of carbonyl (C=O) groups excluding carboxylic acids is 1. The fourth-order valence-electron chi connectivity index (χ4n) is 3.66. The summed E-state index contributed by atoms with van der Waals surface area (Å²) < 4.78 is 72.6. The van der Waals surface area contributed by atoms with E-state index in [0.29, 0.717) is 17.9 Å². The van der Waals surface area contributed by atoms with Crippen LogP contribution in [0.3, 0.4) is 0 Å². The van der Waals surface area contributed by atoms with E-state index in [2.05, 4.69) is 15.6 Å². The smallest absolute Gasteiger partial charge is 0.422 e. The molecule has 1 aromatic heterocycles. The molecule has 178 valence electrons. The van der Waals surface area contributed by atoms with Crippen LogP contribution in [0.25, 0.3) is 11.3 Å². The number of amides is 1. The molecule has 1 aliphatic heterocycles. The average Bonchev–Trinajstić information content (AvgIpc) is 2.79. The van der Waals surface area contributed by atoms with Crippen LogP contribution in [0.15, 0.2) is 42.5 Å². The largest absolute Gasteiger partial charge is 0.483 e. The van der Waals surface area contributed by atoms with Gasteiger partial charge in [-0.3, -0.25) is 4.79 Å². The van der Waals surface area contributed by atoms with Crippen molar-refractivity contribution in [3.8, 4) is 17.0 Å². The van der Waals surface area contributed by atoms with E-state index in [0.717, 1.165) is 36.6 Å². The first-order chi connectivity index (χ1) is 16.1. The molecule has 4 rings (SSSR count). The van der Waals surface area contributed by atoms with Gasteiger partial charge in [0.2, 0.25) is 0 Å². The summed E-state index contributed by atoms with van der Waals surface area (Å²) in [6.07, 6.45) is -2.98. The Morgan fingerprint density at radius 3 is 2.68 bits per heavy atom. The summed E-state index contributed by atoms with van der Waals surface area (Å²) in [5, 5.41) is 5.40. The third-order valence-corrected chi connectivity index (χ3v) is 5.34. The first-order valence-electron chi connectivity index (χ1n) is 10.5. The molecule has 0 unspecified atom stereocenters. The van der Waals surface area contributed by atoms with Crippen molar-refractivity contribution in [2.45, 2.75) is 25.9 Å². The number of aromatic nitrogens is 1. The maximum absolute atomic E-state index is 15.1. The number of nitrogens with zero attached hydrogens (tertiary/aromatic N) is 1. The lowest BCUT2D eigenvalue weighted by Crippen LogP contribution is -2.22. The molecule has 2 aromatic carbocycles. The molecule has 1 amide bonds. The first kappa shape index (κ1) is 23.5. The number of benzene rings is 2. The van der Waals surface area contributed by atoms with Gasteiger partial charge in [0.25, 0.3) is 5.91 Å². The highest BCUT2D eigenvalue weighted by Gasteiger charge is 2.30. The van der Waals surface area contributed by atoms with Crippen LogP contribution in [0.2, 0.25) is 0 Å². The molecule has 0 aliphatic carbocycles. The van der Waals surface area contributed by atoms with Crippen molar-refractivity contribution in [3.63, 3.8) is 0 Å². The molecule has 3 aromatic rings. The van der Waals surface area contributed by atoms with Crippen molar-refractivity contribution in [2.24, 2.45) is 0 Å². The number of ether oxygens (including phenoxy) is 1. The SMILES string of the molecule is Cc1cccc(F)c1NC(=O)c1cc(F)c(-c2ccc3c(n2)NCCC3)cc1OCC(F)(F)F. The number of nitrogens with one attached hydrogen (secondary N) is 2. The topological polar surface area (TPSA) is 63.2 Å². The normalized spacial score (nSPS) is 13.1. The monoisotopic (exact) mass is 477 g/mol. The summed E-state index contributed by atoms with van der Waals surface area (Å²) in [7, 11) is 0. The second-order valence-electron chi connectivity index (χ2n) is 7.85. The number of hydrogen-bond donors (Lipinski definition) is 2. The van der Waals surface area contributed by atoms with Gasteiger partial charge in [0, 0.05) is 12.1 Å². The van der Waals surface area contributed by atoms with Crippen molar-refractivity contribution in [2.75, 3.05) is 23.8 Å². The first-order valence-corrected chi connectivity index (χ1v) is 10.5. The molecule has 0 bridgehead atoms. The number of alkyl halides is 3. The summed E-state index contributed by atoms with van der Waals surface area (Å²) in [5.41, 5.74) is 0.685. The van der Waals surface area contributed by atoms with Gasteiger partial charge in [-0.2, -0.15) is 13.2 Å². The second-order valence-corrected chi connectivity index (χ2v) is 7.85. The van der Waals surface area contributed by atoms with Crippen LogP contribution in [0, 0.1) is 18.6 Å². The van der Waals surface area contributed by atoms with Crippen LogP contribution in [-0.2, 0) is 6.42 Å². The standard InChI is InChI=1S/C24H20F5N3O2/c1-13-4-2-6-17(25)21(13)32-23(33)16-10-18(26)15(11-20(16)34-12-24(27,28)29)19-8-7-14-5-3-9-30-22(14)31-19/h2,4,6-8,10-11H,3,5,9,12H2,1H3,(H,30,31)(H,32,33). The van der Waals surface area contributed by atoms with Gasteiger partial charge in [0.15, 0.2) is 6.61 Å². The summed E-state index contributed by atoms with van der Waals surface area (Å²) in [5.74, 6) is -2.59. The zero-order valence-electron chi connectivity index (χ0n) is 18.0. The fourth-order valence-corrected chi connectivity index (χ4v) is 3.66. The fraction of sp³-hybridized carbons (Fsp3) is 0.250. The van der Waals surface area contributed by atoms with Gasteiger partial charge in [-0.25, -0.2) is 13.8 Å². The highest BCUT2D eigenvalue weighted by atomic mass is 19.4. The van der Waals surface area contributed by atoms with E-state index >= 15 is 4.39 Å². The summed E-state index contributed by atoms with van der Waals surface area (Å²) in [4.78, 5) is 17.2. The number of carbonyl (C=O) groups is 1. The van der Waals surface area contributed by atoms with Gasteiger partial charge in [-0.15, -0.1) is 0 Å². The number of aryl methyl sites for hydroxylation is 2. The lowest BCUT2D eigenvalue weighted by atomic mass is 10.0. The second kappa shape index (κ2) is 9.28. The number of anilines is 2. The lowest BCUT2D eigenvalue weighted by Gasteiger charge is -2.19. The van der Waals surface area contributed by atoms with Crippen LogP contribution in [0.4, 0.5) is 33.5 Å². The van der Waals surface area contributed by atoms with Crippen LogP contribution >= 0.6 is 0 Å². The third-order valence-electron chi connectivity index (χ3n) is 5.34. The number of hydrogen-bond acceptors (Lipinski definition) is 4. The van der Waals surface area contributed by atoms with Crippen LogP contribution in [0.1, 0.15) is 27.9 Å². The highest BCUT2D eigenvalue weighted by molar-refractivity contribution is 6.07. The Hall–Kier alpha value is -3.69. The zero-order valence-corrected chi connectivity index (χ0v) is 18.0. The van der Waals surface area contributed by atoms with Gasteiger partial charge >= 0.3 is 6.18 Å². The van der Waals surface area contributed by atoms with E-state index in [1.54, 1.807) is 25.1 Å². The average molecular weight is 477 g/mol. The van der Waals surface area contributed by atoms with Crippen molar-refractivity contribution >= 4 is 17.4 Å². The van der Waals surface area contributed by atoms with E-state index in [1.165, 1.54) is 6.07 Å². The molecule has 0 fully saturated rings. The van der Waals surface area contributed by atoms with Crippen LogP contribution in [0.5, 0.6) is 5.75 Å². The summed E-state index contributed by atoms with van der Waals surface area (Å²) >= 11 is 0. The molecule has 0 saturated heterocycles. The number of rotatable bonds is 5. The summed E-state index contributed by atoms with van der Waals surface area (Å²) in [6, 6.07) is 9.18. The predicted octanol–water partition coefficient (Wildman–Crippen LogP) is 5.89. The van der Waals surface area contributed by atoms with Gasteiger partial charge in [-0.1, -0.05) is 18.2 Å². The van der Waals surface area contributed by atoms with Gasteiger partial charge in [0.05, 0.1) is 16.9 Å². The minimum absolute atomic E-state index is 0.133. The molecule has 0 saturated carbocycles. The molecule has 5 nitrogen and oxygen atoms in total. The molecule has 34 heavy (non-hydrogen) atoms. The minimum atomic E-state index is -4.70. The van der Waals surface area contributed by atoms with Crippen molar-refractivity contribution in [1.82, 2.24) is 4.98 Å². The maximum Gasteiger partial charge on any atom is 0.422 e. The highest BCUT2D eigenvalue weighted by Crippen LogP contribution is 2.33. The van der Waals surface area contributed by atoms with Gasteiger partial charge in [-0.05, 0) is 55.2 Å². The molecule has 0 spiro atoms. The molecule has 2 N–H and O–H groups in total.